The molecule has 29 heavy (non-hydrogen) atoms. The van der Waals surface area contributed by atoms with Gasteiger partial charge in [0, 0.05) is 17.1 Å². The van der Waals surface area contributed by atoms with E-state index in [9.17, 15) is 9.18 Å². The van der Waals surface area contributed by atoms with E-state index in [-0.39, 0.29) is 12.4 Å². The Hall–Kier alpha value is -3.24. The number of anilines is 2. The number of aromatic nitrogens is 5. The van der Waals surface area contributed by atoms with Gasteiger partial charge in [0.05, 0.1) is 0 Å². The number of hydrogen-bond acceptors (Lipinski definition) is 7. The standard InChI is InChI=1S/C18H15ClFN7OS/c19-12-6-4-11(5-7-12)8-15-25-26(18(28)27(15)21)10-16-23-24-17(29-16)22-14-3-1-2-13(20)9-14/h1-7,9H,8,10,21H2,(H,22,24). The second kappa shape index (κ2) is 8.02. The lowest BCUT2D eigenvalue weighted by atomic mass is 10.1. The quantitative estimate of drug-likeness (QED) is 0.455. The molecular weight excluding hydrogens is 417 g/mol. The molecule has 11 heteroatoms. The molecule has 0 atom stereocenters. The van der Waals surface area contributed by atoms with Gasteiger partial charge in [-0.25, -0.2) is 13.9 Å². The summed E-state index contributed by atoms with van der Waals surface area (Å²) in [6.07, 6.45) is 0.387. The van der Waals surface area contributed by atoms with E-state index in [1.807, 2.05) is 12.1 Å². The van der Waals surface area contributed by atoms with Gasteiger partial charge < -0.3 is 11.2 Å². The second-order valence-corrected chi connectivity index (χ2v) is 7.66. The molecule has 148 valence electrons. The summed E-state index contributed by atoms with van der Waals surface area (Å²) >= 11 is 7.13. The first-order chi connectivity index (χ1) is 14.0. The molecule has 0 amide bonds. The van der Waals surface area contributed by atoms with E-state index < -0.39 is 5.69 Å². The molecule has 0 unspecified atom stereocenters. The van der Waals surface area contributed by atoms with Crippen LogP contribution < -0.4 is 16.8 Å². The van der Waals surface area contributed by atoms with Crippen molar-refractivity contribution in [1.82, 2.24) is 24.7 Å². The Labute approximate surface area is 173 Å². The molecule has 8 nitrogen and oxygen atoms in total. The summed E-state index contributed by atoms with van der Waals surface area (Å²) in [5, 5.41) is 17.0. The molecular formula is C18H15ClFN7OS. The molecule has 4 aromatic rings. The molecule has 2 heterocycles. The molecule has 0 saturated heterocycles. The minimum atomic E-state index is -0.455. The van der Waals surface area contributed by atoms with Crippen LogP contribution in [0.5, 0.6) is 0 Å². The van der Waals surface area contributed by atoms with E-state index in [1.165, 1.54) is 28.2 Å². The van der Waals surface area contributed by atoms with Crippen molar-refractivity contribution in [3.63, 3.8) is 0 Å². The highest BCUT2D eigenvalue weighted by atomic mass is 35.5. The minimum absolute atomic E-state index is 0.124. The van der Waals surface area contributed by atoms with E-state index in [0.717, 1.165) is 10.2 Å². The summed E-state index contributed by atoms with van der Waals surface area (Å²) in [7, 11) is 0. The van der Waals surface area contributed by atoms with Gasteiger partial charge in [-0.2, -0.15) is 9.77 Å². The Bertz CT molecular complexity index is 1200. The van der Waals surface area contributed by atoms with Crippen LogP contribution in [0.25, 0.3) is 0 Å². The van der Waals surface area contributed by atoms with Gasteiger partial charge in [-0.1, -0.05) is 41.1 Å². The average molecular weight is 432 g/mol. The lowest BCUT2D eigenvalue weighted by Crippen LogP contribution is -2.31. The third-order valence-corrected chi connectivity index (χ3v) is 5.12. The number of rotatable bonds is 6. The van der Waals surface area contributed by atoms with Crippen molar-refractivity contribution in [2.24, 2.45) is 0 Å². The highest BCUT2D eigenvalue weighted by molar-refractivity contribution is 7.15. The molecule has 0 spiro atoms. The van der Waals surface area contributed by atoms with Crippen molar-refractivity contribution in [3.8, 4) is 0 Å². The maximum absolute atomic E-state index is 13.3. The van der Waals surface area contributed by atoms with Crippen molar-refractivity contribution in [2.75, 3.05) is 11.2 Å². The zero-order valence-corrected chi connectivity index (χ0v) is 16.5. The van der Waals surface area contributed by atoms with Gasteiger partial charge >= 0.3 is 5.69 Å². The van der Waals surface area contributed by atoms with Crippen molar-refractivity contribution in [3.05, 3.63) is 86.3 Å². The Morgan fingerprint density at radius 1 is 1.17 bits per heavy atom. The lowest BCUT2D eigenvalue weighted by Gasteiger charge is -2.00. The fraction of sp³-hybridized carbons (Fsp3) is 0.111. The van der Waals surface area contributed by atoms with Crippen LogP contribution in [-0.4, -0.2) is 24.7 Å². The first-order valence-corrected chi connectivity index (χ1v) is 9.70. The van der Waals surface area contributed by atoms with Gasteiger partial charge in [0.15, 0.2) is 5.82 Å². The summed E-state index contributed by atoms with van der Waals surface area (Å²) in [6, 6.07) is 13.2. The van der Waals surface area contributed by atoms with Crippen LogP contribution in [-0.2, 0) is 13.0 Å². The molecule has 2 aromatic carbocycles. The highest BCUT2D eigenvalue weighted by Crippen LogP contribution is 2.21. The average Bonchev–Trinajstić information content (AvgIpc) is 3.24. The SMILES string of the molecule is Nn1c(Cc2ccc(Cl)cc2)nn(Cc2nnc(Nc3cccc(F)c3)s2)c1=O. The maximum Gasteiger partial charge on any atom is 0.365 e. The summed E-state index contributed by atoms with van der Waals surface area (Å²) in [5.41, 5.74) is 1.03. The van der Waals surface area contributed by atoms with Gasteiger partial charge in [-0.3, -0.25) is 0 Å². The Morgan fingerprint density at radius 3 is 2.72 bits per heavy atom. The van der Waals surface area contributed by atoms with Crippen LogP contribution in [0.4, 0.5) is 15.2 Å². The number of halogens is 2. The topological polar surface area (TPSA) is 104 Å². The number of nitrogens with one attached hydrogen (secondary N) is 1. The third-order valence-electron chi connectivity index (χ3n) is 4.04. The minimum Gasteiger partial charge on any atom is -0.333 e. The number of hydrogen-bond donors (Lipinski definition) is 2. The fourth-order valence-electron chi connectivity index (χ4n) is 2.66. The van der Waals surface area contributed by atoms with Crippen molar-refractivity contribution >= 4 is 33.8 Å². The monoisotopic (exact) mass is 431 g/mol. The van der Waals surface area contributed by atoms with E-state index >= 15 is 0 Å². The maximum atomic E-state index is 13.3. The molecule has 0 saturated carbocycles. The Balaban J connectivity index is 1.49. The molecule has 0 radical (unpaired) electrons. The van der Waals surface area contributed by atoms with Gasteiger partial charge in [0.2, 0.25) is 5.13 Å². The van der Waals surface area contributed by atoms with E-state index in [1.54, 1.807) is 24.3 Å². The molecule has 0 fully saturated rings. The zero-order chi connectivity index (χ0) is 20.4. The normalized spacial score (nSPS) is 11.0. The Morgan fingerprint density at radius 2 is 1.97 bits per heavy atom. The van der Waals surface area contributed by atoms with Crippen LogP contribution in [0.3, 0.4) is 0 Å². The van der Waals surface area contributed by atoms with E-state index in [0.29, 0.717) is 33.1 Å². The predicted molar refractivity (Wildman–Crippen MR) is 110 cm³/mol. The molecule has 0 aliphatic carbocycles. The van der Waals surface area contributed by atoms with Crippen molar-refractivity contribution < 1.29 is 4.39 Å². The number of nitrogens with two attached hydrogens (primary N) is 1. The zero-order valence-electron chi connectivity index (χ0n) is 14.9. The molecule has 3 N–H and O–H groups in total. The molecule has 0 aliphatic rings. The first kappa shape index (κ1) is 19.1. The Kier molecular flexibility index (Phi) is 5.28. The third kappa shape index (κ3) is 4.44. The van der Waals surface area contributed by atoms with Crippen LogP contribution in [0.2, 0.25) is 5.02 Å². The van der Waals surface area contributed by atoms with Crippen molar-refractivity contribution in [2.45, 2.75) is 13.0 Å². The van der Waals surface area contributed by atoms with Crippen LogP contribution in [0, 0.1) is 5.82 Å². The first-order valence-electron chi connectivity index (χ1n) is 8.51. The van der Waals surface area contributed by atoms with Crippen LogP contribution >= 0.6 is 22.9 Å². The summed E-state index contributed by atoms with van der Waals surface area (Å²) in [5.74, 6) is 5.93. The predicted octanol–water partition coefficient (Wildman–Crippen LogP) is 2.79. The van der Waals surface area contributed by atoms with Gasteiger partial charge in [-0.05, 0) is 35.9 Å². The molecule has 4 rings (SSSR count). The molecule has 2 aromatic heterocycles. The van der Waals surface area contributed by atoms with Crippen molar-refractivity contribution in [1.29, 1.82) is 0 Å². The van der Waals surface area contributed by atoms with E-state index in [4.69, 9.17) is 17.4 Å². The molecule has 0 aliphatic heterocycles. The summed E-state index contributed by atoms with van der Waals surface area (Å²) in [6.45, 7) is 0.124. The smallest absolute Gasteiger partial charge is 0.333 e. The largest absolute Gasteiger partial charge is 0.365 e. The fourth-order valence-corrected chi connectivity index (χ4v) is 3.53. The van der Waals surface area contributed by atoms with E-state index in [2.05, 4.69) is 20.6 Å². The summed E-state index contributed by atoms with van der Waals surface area (Å²) < 4.78 is 15.5. The van der Waals surface area contributed by atoms with Gasteiger partial charge in [-0.15, -0.1) is 10.2 Å². The van der Waals surface area contributed by atoms with Crippen LogP contribution in [0.15, 0.2) is 53.3 Å². The number of nitrogens with zero attached hydrogens (tertiary/aromatic N) is 5. The van der Waals surface area contributed by atoms with Gasteiger partial charge in [0.25, 0.3) is 0 Å². The number of benzene rings is 2. The number of nitrogen functional groups attached to an aromatic ring is 1. The van der Waals surface area contributed by atoms with Crippen LogP contribution in [0.1, 0.15) is 16.4 Å². The lowest BCUT2D eigenvalue weighted by molar-refractivity contribution is 0.628. The second-order valence-electron chi connectivity index (χ2n) is 6.17. The molecule has 0 bridgehead atoms. The summed E-state index contributed by atoms with van der Waals surface area (Å²) in [4.78, 5) is 12.4. The van der Waals surface area contributed by atoms with Gasteiger partial charge in [0.1, 0.15) is 17.4 Å². The highest BCUT2D eigenvalue weighted by Gasteiger charge is 2.14.